The molecule has 0 saturated carbocycles. The average molecular weight is 322 g/mol. The summed E-state index contributed by atoms with van der Waals surface area (Å²) in [5, 5.41) is 2.97. The molecule has 4 heteroatoms. The lowest BCUT2D eigenvalue weighted by atomic mass is 10.1. The van der Waals surface area contributed by atoms with E-state index in [4.69, 9.17) is 0 Å². The molecule has 1 N–H and O–H groups in total. The minimum Gasteiger partial charge on any atom is -0.338 e. The fraction of sp³-hybridized carbons (Fsp3) is 0.300. The van der Waals surface area contributed by atoms with E-state index in [1.807, 2.05) is 53.4 Å². The van der Waals surface area contributed by atoms with E-state index >= 15 is 0 Å². The standard InChI is InChI=1S/C20H22N2O2/c1-2-16-6-3-4-7-18(16)21-20(24)17-11-9-15(10-12-17)14-22-13-5-8-19(22)23/h3-4,6-7,9-12H,2,5,8,13-14H2,1H3,(H,21,24). The molecule has 0 spiro atoms. The molecule has 2 aromatic carbocycles. The lowest BCUT2D eigenvalue weighted by Gasteiger charge is -2.15. The number of anilines is 1. The summed E-state index contributed by atoms with van der Waals surface area (Å²) < 4.78 is 0. The largest absolute Gasteiger partial charge is 0.338 e. The molecular formula is C20H22N2O2. The van der Waals surface area contributed by atoms with E-state index in [1.165, 1.54) is 0 Å². The van der Waals surface area contributed by atoms with Gasteiger partial charge in [0.25, 0.3) is 5.91 Å². The van der Waals surface area contributed by atoms with Gasteiger partial charge in [-0.05, 0) is 42.2 Å². The molecule has 0 atom stereocenters. The predicted molar refractivity (Wildman–Crippen MR) is 94.9 cm³/mol. The first kappa shape index (κ1) is 16.2. The lowest BCUT2D eigenvalue weighted by molar-refractivity contribution is -0.128. The fourth-order valence-electron chi connectivity index (χ4n) is 3.00. The molecule has 4 nitrogen and oxygen atoms in total. The molecule has 0 unspecified atom stereocenters. The van der Waals surface area contributed by atoms with Crippen molar-refractivity contribution in [3.05, 3.63) is 65.2 Å². The molecule has 1 aliphatic heterocycles. The number of carbonyl (C=O) groups excluding carboxylic acids is 2. The molecule has 1 fully saturated rings. The number of amides is 2. The van der Waals surface area contributed by atoms with Crippen LogP contribution in [0.5, 0.6) is 0 Å². The first-order valence-electron chi connectivity index (χ1n) is 8.43. The van der Waals surface area contributed by atoms with Crippen LogP contribution >= 0.6 is 0 Å². The first-order chi connectivity index (χ1) is 11.7. The van der Waals surface area contributed by atoms with Crippen LogP contribution in [-0.4, -0.2) is 23.3 Å². The van der Waals surface area contributed by atoms with Crippen molar-refractivity contribution in [1.29, 1.82) is 0 Å². The van der Waals surface area contributed by atoms with Crippen molar-refractivity contribution < 1.29 is 9.59 Å². The normalized spacial score (nSPS) is 14.0. The molecule has 1 heterocycles. The highest BCUT2D eigenvalue weighted by Crippen LogP contribution is 2.18. The van der Waals surface area contributed by atoms with Crippen LogP contribution in [0.25, 0.3) is 0 Å². The monoisotopic (exact) mass is 322 g/mol. The van der Waals surface area contributed by atoms with Crippen LogP contribution in [0.3, 0.4) is 0 Å². The Morgan fingerprint density at radius 1 is 1.12 bits per heavy atom. The molecule has 0 radical (unpaired) electrons. The quantitative estimate of drug-likeness (QED) is 0.914. The Hall–Kier alpha value is -2.62. The number of benzene rings is 2. The third-order valence-electron chi connectivity index (χ3n) is 4.41. The second-order valence-electron chi connectivity index (χ2n) is 6.08. The van der Waals surface area contributed by atoms with Gasteiger partial charge in [-0.25, -0.2) is 0 Å². The van der Waals surface area contributed by atoms with Crippen LogP contribution in [0.15, 0.2) is 48.5 Å². The second kappa shape index (κ2) is 7.30. The van der Waals surface area contributed by atoms with Gasteiger partial charge < -0.3 is 10.2 Å². The van der Waals surface area contributed by atoms with Gasteiger partial charge in [0.15, 0.2) is 0 Å². The van der Waals surface area contributed by atoms with Gasteiger partial charge >= 0.3 is 0 Å². The molecule has 0 aliphatic carbocycles. The van der Waals surface area contributed by atoms with E-state index in [9.17, 15) is 9.59 Å². The van der Waals surface area contributed by atoms with Crippen LogP contribution < -0.4 is 5.32 Å². The smallest absolute Gasteiger partial charge is 0.255 e. The van der Waals surface area contributed by atoms with E-state index < -0.39 is 0 Å². The predicted octanol–water partition coefficient (Wildman–Crippen LogP) is 3.62. The number of likely N-dealkylation sites (tertiary alicyclic amines) is 1. The molecule has 2 aromatic rings. The summed E-state index contributed by atoms with van der Waals surface area (Å²) in [5.41, 5.74) is 3.65. The molecule has 1 saturated heterocycles. The van der Waals surface area contributed by atoms with Gasteiger partial charge in [0, 0.05) is 30.8 Å². The maximum atomic E-state index is 12.4. The Morgan fingerprint density at radius 2 is 1.88 bits per heavy atom. The van der Waals surface area contributed by atoms with Gasteiger partial charge in [-0.3, -0.25) is 9.59 Å². The third-order valence-corrected chi connectivity index (χ3v) is 4.41. The van der Waals surface area contributed by atoms with E-state index in [0.717, 1.165) is 36.2 Å². The van der Waals surface area contributed by atoms with Crippen molar-refractivity contribution in [1.82, 2.24) is 4.90 Å². The summed E-state index contributed by atoms with van der Waals surface area (Å²) in [6, 6.07) is 15.3. The topological polar surface area (TPSA) is 49.4 Å². The molecule has 2 amide bonds. The highest BCUT2D eigenvalue weighted by Gasteiger charge is 2.20. The van der Waals surface area contributed by atoms with Crippen molar-refractivity contribution in [3.8, 4) is 0 Å². The number of aryl methyl sites for hydroxylation is 1. The Bertz CT molecular complexity index is 738. The van der Waals surface area contributed by atoms with Gasteiger partial charge in [0.1, 0.15) is 0 Å². The first-order valence-corrected chi connectivity index (χ1v) is 8.43. The summed E-state index contributed by atoms with van der Waals surface area (Å²) in [4.78, 5) is 26.0. The van der Waals surface area contributed by atoms with Gasteiger partial charge in [0.2, 0.25) is 5.91 Å². The van der Waals surface area contributed by atoms with Crippen molar-refractivity contribution in [2.24, 2.45) is 0 Å². The third kappa shape index (κ3) is 3.65. The van der Waals surface area contributed by atoms with Crippen LogP contribution in [0, 0.1) is 0 Å². The maximum Gasteiger partial charge on any atom is 0.255 e. The second-order valence-corrected chi connectivity index (χ2v) is 6.08. The average Bonchev–Trinajstić information content (AvgIpc) is 3.01. The maximum absolute atomic E-state index is 12.4. The van der Waals surface area contributed by atoms with E-state index in [0.29, 0.717) is 18.5 Å². The van der Waals surface area contributed by atoms with Gasteiger partial charge in [-0.15, -0.1) is 0 Å². The SMILES string of the molecule is CCc1ccccc1NC(=O)c1ccc(CN2CCCC2=O)cc1. The minimum absolute atomic E-state index is 0.111. The Labute approximate surface area is 142 Å². The molecule has 124 valence electrons. The van der Waals surface area contributed by atoms with E-state index in [2.05, 4.69) is 12.2 Å². The highest BCUT2D eigenvalue weighted by atomic mass is 16.2. The summed E-state index contributed by atoms with van der Waals surface area (Å²) in [6.45, 7) is 3.52. The van der Waals surface area contributed by atoms with Crippen molar-refractivity contribution in [3.63, 3.8) is 0 Å². The van der Waals surface area contributed by atoms with Crippen LogP contribution in [0.4, 0.5) is 5.69 Å². The zero-order valence-electron chi connectivity index (χ0n) is 13.9. The summed E-state index contributed by atoms with van der Waals surface area (Å²) in [6.07, 6.45) is 2.47. The number of nitrogens with one attached hydrogen (secondary N) is 1. The number of carbonyl (C=O) groups is 2. The van der Waals surface area contributed by atoms with Gasteiger partial charge in [-0.2, -0.15) is 0 Å². The number of hydrogen-bond donors (Lipinski definition) is 1. The lowest BCUT2D eigenvalue weighted by Crippen LogP contribution is -2.23. The van der Waals surface area contributed by atoms with Crippen molar-refractivity contribution in [2.45, 2.75) is 32.7 Å². The van der Waals surface area contributed by atoms with Crippen molar-refractivity contribution >= 4 is 17.5 Å². The number of para-hydroxylation sites is 1. The molecule has 3 rings (SSSR count). The molecule has 1 aliphatic rings. The highest BCUT2D eigenvalue weighted by molar-refractivity contribution is 6.04. The zero-order valence-corrected chi connectivity index (χ0v) is 13.9. The summed E-state index contributed by atoms with van der Waals surface area (Å²) in [7, 11) is 0. The molecular weight excluding hydrogens is 300 g/mol. The Balaban J connectivity index is 1.66. The minimum atomic E-state index is -0.111. The van der Waals surface area contributed by atoms with E-state index in [1.54, 1.807) is 0 Å². The number of hydrogen-bond acceptors (Lipinski definition) is 2. The Morgan fingerprint density at radius 3 is 2.54 bits per heavy atom. The van der Waals surface area contributed by atoms with Gasteiger partial charge in [-0.1, -0.05) is 37.3 Å². The van der Waals surface area contributed by atoms with Gasteiger partial charge in [0.05, 0.1) is 0 Å². The van der Waals surface area contributed by atoms with Crippen LogP contribution in [0.1, 0.15) is 41.3 Å². The fourth-order valence-corrected chi connectivity index (χ4v) is 3.00. The van der Waals surface area contributed by atoms with Crippen molar-refractivity contribution in [2.75, 3.05) is 11.9 Å². The summed E-state index contributed by atoms with van der Waals surface area (Å²) in [5.74, 6) is 0.104. The zero-order chi connectivity index (χ0) is 16.9. The van der Waals surface area contributed by atoms with E-state index in [-0.39, 0.29) is 11.8 Å². The summed E-state index contributed by atoms with van der Waals surface area (Å²) >= 11 is 0. The molecule has 24 heavy (non-hydrogen) atoms. The van der Waals surface area contributed by atoms with Crippen LogP contribution in [-0.2, 0) is 17.8 Å². The molecule has 0 aromatic heterocycles. The van der Waals surface area contributed by atoms with Crippen LogP contribution in [0.2, 0.25) is 0 Å². The molecule has 0 bridgehead atoms. The number of nitrogens with zero attached hydrogens (tertiary/aromatic N) is 1. The number of rotatable bonds is 5. The Kier molecular flexibility index (Phi) is 4.94.